The first kappa shape index (κ1) is 29.6. The Labute approximate surface area is 246 Å². The Balaban J connectivity index is 1.42. The number of aromatic nitrogens is 3. The Bertz CT molecular complexity index is 1550. The van der Waals surface area contributed by atoms with Crippen LogP contribution in [0.3, 0.4) is 0 Å². The van der Waals surface area contributed by atoms with Crippen LogP contribution in [-0.2, 0) is 9.63 Å². The molecule has 3 heterocycles. The quantitative estimate of drug-likeness (QED) is 0.361. The third kappa shape index (κ3) is 6.77. The fraction of sp³-hybridized carbons (Fsp3) is 0.346. The number of hydrogen-bond donors (Lipinski definition) is 2. The van der Waals surface area contributed by atoms with Crippen LogP contribution in [0.25, 0.3) is 5.82 Å². The van der Waals surface area contributed by atoms with E-state index in [4.69, 9.17) is 32.8 Å². The number of hydrogen-bond acceptors (Lipinski definition) is 7. The molecule has 11 nitrogen and oxygen atoms in total. The highest BCUT2D eigenvalue weighted by atomic mass is 35.5. The number of amides is 3. The van der Waals surface area contributed by atoms with Gasteiger partial charge in [-0.1, -0.05) is 23.2 Å². The van der Waals surface area contributed by atoms with Crippen LogP contribution >= 0.6 is 23.2 Å². The third-order valence-corrected chi connectivity index (χ3v) is 6.91. The van der Waals surface area contributed by atoms with Crippen LogP contribution in [0.5, 0.6) is 5.88 Å². The number of pyridine rings is 1. The number of halogens is 5. The second kappa shape index (κ2) is 11.8. The number of carbonyl (C=O) groups is 3. The van der Waals surface area contributed by atoms with E-state index in [1.807, 2.05) is 0 Å². The maximum atomic E-state index is 13.5. The number of anilines is 1. The molecule has 5 rings (SSSR count). The monoisotopic (exact) mass is 626 g/mol. The molecule has 3 aromatic rings. The van der Waals surface area contributed by atoms with E-state index < -0.39 is 36.5 Å². The largest absolute Gasteiger partial charge is 0.467 e. The first-order valence-corrected chi connectivity index (χ1v) is 13.4. The lowest BCUT2D eigenvalue weighted by molar-refractivity contribution is -0.162. The summed E-state index contributed by atoms with van der Waals surface area (Å²) in [7, 11) is 0. The second-order valence-corrected chi connectivity index (χ2v) is 10.6. The molecule has 2 aromatic heterocycles. The average Bonchev–Trinajstić information content (AvgIpc) is 3.54. The summed E-state index contributed by atoms with van der Waals surface area (Å²) in [6, 6.07) is 5.82. The van der Waals surface area contributed by atoms with Gasteiger partial charge in [0.1, 0.15) is 18.3 Å². The second-order valence-electron chi connectivity index (χ2n) is 9.76. The molecule has 2 N–H and O–H groups in total. The average molecular weight is 627 g/mol. The number of ether oxygens (including phenoxy) is 1. The molecule has 0 spiro atoms. The van der Waals surface area contributed by atoms with Gasteiger partial charge in [-0.05, 0) is 55.5 Å². The van der Waals surface area contributed by atoms with E-state index in [0.29, 0.717) is 18.0 Å². The number of nitrogens with one attached hydrogen (secondary N) is 2. The van der Waals surface area contributed by atoms with Gasteiger partial charge in [0.2, 0.25) is 5.88 Å². The van der Waals surface area contributed by atoms with Crippen molar-refractivity contribution in [3.8, 4) is 11.7 Å². The van der Waals surface area contributed by atoms with Crippen LogP contribution in [0.1, 0.15) is 39.3 Å². The molecule has 1 unspecified atom stereocenters. The zero-order chi connectivity index (χ0) is 30.2. The molecule has 2 fully saturated rings. The van der Waals surface area contributed by atoms with Crippen molar-refractivity contribution in [3.05, 3.63) is 63.4 Å². The van der Waals surface area contributed by atoms with Crippen LogP contribution in [0.4, 0.5) is 18.9 Å². The maximum absolute atomic E-state index is 13.5. The fourth-order valence-electron chi connectivity index (χ4n) is 4.20. The van der Waals surface area contributed by atoms with Gasteiger partial charge in [0.05, 0.1) is 22.8 Å². The van der Waals surface area contributed by atoms with Crippen LogP contribution in [0.2, 0.25) is 10.0 Å². The van der Waals surface area contributed by atoms with Crippen molar-refractivity contribution in [2.45, 2.75) is 32.0 Å². The highest BCUT2D eigenvalue weighted by molar-refractivity contribution is 6.32. The maximum Gasteiger partial charge on any atom is 0.422 e. The van der Waals surface area contributed by atoms with Gasteiger partial charge in [0, 0.05) is 17.3 Å². The highest BCUT2D eigenvalue weighted by Gasteiger charge is 2.38. The van der Waals surface area contributed by atoms with Crippen LogP contribution < -0.4 is 15.4 Å². The predicted octanol–water partition coefficient (Wildman–Crippen LogP) is 4.36. The van der Waals surface area contributed by atoms with Crippen molar-refractivity contribution in [2.24, 2.45) is 5.92 Å². The molecule has 1 saturated carbocycles. The molecule has 1 aliphatic heterocycles. The normalized spacial score (nSPS) is 17.0. The van der Waals surface area contributed by atoms with Gasteiger partial charge in [-0.2, -0.15) is 13.2 Å². The molecule has 1 saturated heterocycles. The molecule has 1 atom stereocenters. The molecular formula is C26H23Cl2F3N6O5. The van der Waals surface area contributed by atoms with Crippen molar-refractivity contribution < 1.29 is 37.1 Å². The minimum atomic E-state index is -4.65. The zero-order valence-electron chi connectivity index (χ0n) is 21.9. The number of hydroxylamine groups is 2. The van der Waals surface area contributed by atoms with E-state index in [2.05, 4.69) is 20.7 Å². The number of benzene rings is 1. The molecule has 16 heteroatoms. The van der Waals surface area contributed by atoms with Crippen LogP contribution in [0, 0.1) is 12.8 Å². The molecule has 42 heavy (non-hydrogen) atoms. The molecule has 1 aliphatic carbocycles. The lowest BCUT2D eigenvalue weighted by Crippen LogP contribution is -2.43. The Morgan fingerprint density at radius 3 is 2.64 bits per heavy atom. The van der Waals surface area contributed by atoms with E-state index in [1.165, 1.54) is 35.5 Å². The summed E-state index contributed by atoms with van der Waals surface area (Å²) in [5, 5.41) is 10.7. The predicted molar refractivity (Wildman–Crippen MR) is 144 cm³/mol. The van der Waals surface area contributed by atoms with Crippen molar-refractivity contribution >= 4 is 46.6 Å². The van der Waals surface area contributed by atoms with Gasteiger partial charge in [-0.15, -0.1) is 5.10 Å². The number of alkyl halides is 3. The van der Waals surface area contributed by atoms with Gasteiger partial charge in [0.15, 0.2) is 12.4 Å². The van der Waals surface area contributed by atoms with Crippen LogP contribution in [-0.4, -0.2) is 69.5 Å². The summed E-state index contributed by atoms with van der Waals surface area (Å²) in [5.74, 6) is -2.15. The van der Waals surface area contributed by atoms with E-state index in [-0.39, 0.29) is 45.3 Å². The molecule has 0 bridgehead atoms. The Kier molecular flexibility index (Phi) is 8.30. The smallest absolute Gasteiger partial charge is 0.422 e. The fourth-order valence-corrected chi connectivity index (χ4v) is 4.67. The molecular weight excluding hydrogens is 604 g/mol. The van der Waals surface area contributed by atoms with E-state index in [0.717, 1.165) is 23.6 Å². The topological polar surface area (TPSA) is 128 Å². The molecule has 1 aromatic carbocycles. The summed E-state index contributed by atoms with van der Waals surface area (Å²) in [5.41, 5.74) is 0.0856. The first-order valence-electron chi connectivity index (χ1n) is 12.7. The standard InChI is InChI=1S/C26H23Cl2F3N6O5/c1-13-7-15(27)8-16(23(38)33-18-11-42-36(25(18)40)10-14-4-5-14)21(13)34-24(39)19-9-20(41-12-26(29,30)31)35-37(19)22-17(28)3-2-6-32-22/h2-3,6-9,14,18H,4-5,10-12H2,1H3,(H,33,38)(H,34,39). The zero-order valence-corrected chi connectivity index (χ0v) is 23.4. The summed E-state index contributed by atoms with van der Waals surface area (Å²) < 4.78 is 44.0. The minimum Gasteiger partial charge on any atom is -0.467 e. The molecule has 3 amide bonds. The Hall–Kier alpha value is -3.88. The van der Waals surface area contributed by atoms with E-state index >= 15 is 0 Å². The van der Waals surface area contributed by atoms with Crippen LogP contribution in [0.15, 0.2) is 36.5 Å². The summed E-state index contributed by atoms with van der Waals surface area (Å²) in [6.07, 6.45) is -1.28. The number of rotatable bonds is 9. The highest BCUT2D eigenvalue weighted by Crippen LogP contribution is 2.31. The number of aryl methyl sites for hydroxylation is 1. The van der Waals surface area contributed by atoms with Crippen molar-refractivity contribution in [1.82, 2.24) is 25.1 Å². The van der Waals surface area contributed by atoms with Gasteiger partial charge >= 0.3 is 6.18 Å². The SMILES string of the molecule is Cc1cc(Cl)cc(C(=O)NC2CON(CC3CC3)C2=O)c1NC(=O)c1cc(OCC(F)(F)F)nn1-c1ncccc1Cl. The third-order valence-electron chi connectivity index (χ3n) is 6.39. The Morgan fingerprint density at radius 2 is 1.95 bits per heavy atom. The lowest BCUT2D eigenvalue weighted by Gasteiger charge is -2.17. The molecule has 222 valence electrons. The van der Waals surface area contributed by atoms with E-state index in [9.17, 15) is 27.6 Å². The van der Waals surface area contributed by atoms with Gasteiger partial charge in [-0.3, -0.25) is 19.2 Å². The van der Waals surface area contributed by atoms with Crippen molar-refractivity contribution in [3.63, 3.8) is 0 Å². The Morgan fingerprint density at radius 1 is 1.19 bits per heavy atom. The van der Waals surface area contributed by atoms with Gasteiger partial charge in [-0.25, -0.2) is 14.7 Å². The summed E-state index contributed by atoms with van der Waals surface area (Å²) >= 11 is 12.4. The first-order chi connectivity index (χ1) is 19.9. The van der Waals surface area contributed by atoms with Gasteiger partial charge < -0.3 is 15.4 Å². The molecule has 2 aliphatic rings. The summed E-state index contributed by atoms with van der Waals surface area (Å²) in [6.45, 7) is 0.336. The van der Waals surface area contributed by atoms with Gasteiger partial charge in [0.25, 0.3) is 17.7 Å². The number of carbonyl (C=O) groups excluding carboxylic acids is 3. The van der Waals surface area contributed by atoms with Crippen molar-refractivity contribution in [2.75, 3.05) is 25.1 Å². The lowest BCUT2D eigenvalue weighted by atomic mass is 10.1. The van der Waals surface area contributed by atoms with E-state index in [1.54, 1.807) is 6.92 Å². The molecule has 0 radical (unpaired) electrons. The number of nitrogens with zero attached hydrogens (tertiary/aromatic N) is 4. The van der Waals surface area contributed by atoms with Crippen molar-refractivity contribution in [1.29, 1.82) is 0 Å². The summed E-state index contributed by atoms with van der Waals surface area (Å²) in [4.78, 5) is 49.1. The minimum absolute atomic E-state index is 0.0423.